The van der Waals surface area contributed by atoms with Crippen LogP contribution in [-0.4, -0.2) is 15.2 Å². The molecule has 1 aromatic carbocycles. The van der Waals surface area contributed by atoms with E-state index in [0.717, 1.165) is 11.1 Å². The summed E-state index contributed by atoms with van der Waals surface area (Å²) in [5.74, 6) is 0. The Morgan fingerprint density at radius 1 is 0.941 bits per heavy atom. The molecule has 0 aliphatic rings. The molecule has 0 saturated carbocycles. The first-order valence-corrected chi connectivity index (χ1v) is 5.58. The Hall–Kier alpha value is -1.42. The number of pyridine rings is 1. The van der Waals surface area contributed by atoms with E-state index in [4.69, 9.17) is 21.8 Å². The molecule has 0 unspecified atom stereocenters. The maximum atomic E-state index is 9.11. The molecule has 2 N–H and O–H groups in total. The summed E-state index contributed by atoms with van der Waals surface area (Å²) in [5, 5.41) is 18.9. The van der Waals surface area contributed by atoms with Crippen LogP contribution in [0.25, 0.3) is 11.1 Å². The van der Waals surface area contributed by atoms with E-state index in [1.165, 1.54) is 0 Å². The highest BCUT2D eigenvalue weighted by atomic mass is 35.5. The van der Waals surface area contributed by atoms with Gasteiger partial charge in [-0.05, 0) is 35.4 Å². The number of nitrogens with zero attached hydrogens (tertiary/aromatic N) is 1. The van der Waals surface area contributed by atoms with E-state index in [-0.39, 0.29) is 13.2 Å². The van der Waals surface area contributed by atoms with Gasteiger partial charge >= 0.3 is 0 Å². The van der Waals surface area contributed by atoms with Crippen LogP contribution in [0.2, 0.25) is 5.02 Å². The standard InChI is InChI=1S/C13H12ClNO2/c14-11-3-1-2-9(4-11)10-5-12(7-16)15-13(6-10)8-17/h1-6,16-17H,7-8H2. The monoisotopic (exact) mass is 249 g/mol. The Bertz CT molecular complexity index is 506. The topological polar surface area (TPSA) is 53.4 Å². The van der Waals surface area contributed by atoms with Crippen molar-refractivity contribution in [1.29, 1.82) is 0 Å². The third-order valence-corrected chi connectivity index (χ3v) is 2.65. The lowest BCUT2D eigenvalue weighted by atomic mass is 10.0. The number of rotatable bonds is 3. The minimum Gasteiger partial charge on any atom is -0.390 e. The van der Waals surface area contributed by atoms with Gasteiger partial charge in [0.05, 0.1) is 24.6 Å². The molecule has 88 valence electrons. The van der Waals surface area contributed by atoms with Crippen molar-refractivity contribution >= 4 is 11.6 Å². The minimum absolute atomic E-state index is 0.151. The van der Waals surface area contributed by atoms with Crippen molar-refractivity contribution < 1.29 is 10.2 Å². The van der Waals surface area contributed by atoms with Crippen LogP contribution in [0.1, 0.15) is 11.4 Å². The molecule has 2 rings (SSSR count). The van der Waals surface area contributed by atoms with Crippen LogP contribution in [0.3, 0.4) is 0 Å². The van der Waals surface area contributed by atoms with Crippen LogP contribution < -0.4 is 0 Å². The van der Waals surface area contributed by atoms with Gasteiger partial charge in [-0.1, -0.05) is 23.7 Å². The van der Waals surface area contributed by atoms with Crippen LogP contribution in [-0.2, 0) is 13.2 Å². The Balaban J connectivity index is 2.50. The number of aromatic nitrogens is 1. The summed E-state index contributed by atoms with van der Waals surface area (Å²) in [5.41, 5.74) is 2.89. The molecular weight excluding hydrogens is 238 g/mol. The number of hydrogen-bond donors (Lipinski definition) is 2. The van der Waals surface area contributed by atoms with Crippen molar-refractivity contribution in [2.75, 3.05) is 0 Å². The molecule has 0 fully saturated rings. The van der Waals surface area contributed by atoms with E-state index in [9.17, 15) is 0 Å². The number of aliphatic hydroxyl groups excluding tert-OH is 2. The second kappa shape index (κ2) is 5.27. The van der Waals surface area contributed by atoms with Crippen LogP contribution in [0.15, 0.2) is 36.4 Å². The van der Waals surface area contributed by atoms with Crippen LogP contribution in [0.4, 0.5) is 0 Å². The summed E-state index contributed by atoms with van der Waals surface area (Å²) in [4.78, 5) is 4.09. The van der Waals surface area contributed by atoms with E-state index < -0.39 is 0 Å². The molecule has 0 aliphatic carbocycles. The lowest BCUT2D eigenvalue weighted by Gasteiger charge is -2.07. The Morgan fingerprint density at radius 3 is 2.12 bits per heavy atom. The van der Waals surface area contributed by atoms with E-state index in [2.05, 4.69) is 4.98 Å². The Morgan fingerprint density at radius 2 is 1.59 bits per heavy atom. The number of hydrogen-bond acceptors (Lipinski definition) is 3. The van der Waals surface area contributed by atoms with Crippen molar-refractivity contribution in [2.45, 2.75) is 13.2 Å². The van der Waals surface area contributed by atoms with Gasteiger partial charge in [0.1, 0.15) is 0 Å². The largest absolute Gasteiger partial charge is 0.390 e. The maximum absolute atomic E-state index is 9.11. The summed E-state index contributed by atoms with van der Waals surface area (Å²) in [6.07, 6.45) is 0. The van der Waals surface area contributed by atoms with Gasteiger partial charge in [-0.3, -0.25) is 4.98 Å². The van der Waals surface area contributed by atoms with Gasteiger partial charge in [0, 0.05) is 5.02 Å². The van der Waals surface area contributed by atoms with Gasteiger partial charge in [0.2, 0.25) is 0 Å². The SMILES string of the molecule is OCc1cc(-c2cccc(Cl)c2)cc(CO)n1. The smallest absolute Gasteiger partial charge is 0.0853 e. The Labute approximate surface area is 104 Å². The fourth-order valence-electron chi connectivity index (χ4n) is 1.65. The van der Waals surface area contributed by atoms with Crippen molar-refractivity contribution in [3.63, 3.8) is 0 Å². The maximum Gasteiger partial charge on any atom is 0.0853 e. The average Bonchev–Trinajstić information content (AvgIpc) is 2.38. The molecule has 0 saturated heterocycles. The highest BCUT2D eigenvalue weighted by molar-refractivity contribution is 6.30. The van der Waals surface area contributed by atoms with Crippen LogP contribution in [0, 0.1) is 0 Å². The molecule has 0 radical (unpaired) electrons. The Kier molecular flexibility index (Phi) is 3.74. The van der Waals surface area contributed by atoms with Gasteiger partial charge < -0.3 is 10.2 Å². The van der Waals surface area contributed by atoms with Crippen molar-refractivity contribution in [3.8, 4) is 11.1 Å². The van der Waals surface area contributed by atoms with Gasteiger partial charge in [0.15, 0.2) is 0 Å². The van der Waals surface area contributed by atoms with Crippen LogP contribution >= 0.6 is 11.6 Å². The molecule has 1 aromatic heterocycles. The molecule has 3 nitrogen and oxygen atoms in total. The number of benzene rings is 1. The lowest BCUT2D eigenvalue weighted by Crippen LogP contribution is -1.96. The average molecular weight is 250 g/mol. The summed E-state index contributed by atoms with van der Waals surface area (Å²) < 4.78 is 0. The quantitative estimate of drug-likeness (QED) is 0.878. The third-order valence-electron chi connectivity index (χ3n) is 2.41. The molecule has 2 aromatic rings. The summed E-state index contributed by atoms with van der Waals surface area (Å²) in [6.45, 7) is -0.303. The molecule has 0 bridgehead atoms. The summed E-state index contributed by atoms with van der Waals surface area (Å²) >= 11 is 5.93. The molecule has 1 heterocycles. The molecule has 0 atom stereocenters. The highest BCUT2D eigenvalue weighted by Crippen LogP contribution is 2.24. The van der Waals surface area contributed by atoms with E-state index in [1.807, 2.05) is 18.2 Å². The van der Waals surface area contributed by atoms with E-state index >= 15 is 0 Å². The fourth-order valence-corrected chi connectivity index (χ4v) is 1.84. The zero-order chi connectivity index (χ0) is 12.3. The first-order chi connectivity index (χ1) is 8.22. The minimum atomic E-state index is -0.151. The molecule has 0 amide bonds. The van der Waals surface area contributed by atoms with Crippen molar-refractivity contribution in [3.05, 3.63) is 52.8 Å². The third kappa shape index (κ3) is 2.82. The van der Waals surface area contributed by atoms with E-state index in [1.54, 1.807) is 18.2 Å². The van der Waals surface area contributed by atoms with Gasteiger partial charge in [-0.15, -0.1) is 0 Å². The van der Waals surface area contributed by atoms with Crippen molar-refractivity contribution in [1.82, 2.24) is 4.98 Å². The second-order valence-electron chi connectivity index (χ2n) is 3.67. The van der Waals surface area contributed by atoms with Gasteiger partial charge in [-0.25, -0.2) is 0 Å². The number of halogens is 1. The summed E-state index contributed by atoms with van der Waals surface area (Å²) in [7, 11) is 0. The molecule has 0 spiro atoms. The lowest BCUT2D eigenvalue weighted by molar-refractivity contribution is 0.265. The molecular formula is C13H12ClNO2. The van der Waals surface area contributed by atoms with Gasteiger partial charge in [0.25, 0.3) is 0 Å². The normalized spacial score (nSPS) is 10.5. The van der Waals surface area contributed by atoms with Crippen LogP contribution in [0.5, 0.6) is 0 Å². The predicted molar refractivity (Wildman–Crippen MR) is 66.5 cm³/mol. The zero-order valence-electron chi connectivity index (χ0n) is 9.10. The van der Waals surface area contributed by atoms with Crippen molar-refractivity contribution in [2.24, 2.45) is 0 Å². The zero-order valence-corrected chi connectivity index (χ0v) is 9.85. The van der Waals surface area contributed by atoms with Gasteiger partial charge in [-0.2, -0.15) is 0 Å². The molecule has 4 heteroatoms. The molecule has 0 aliphatic heterocycles. The predicted octanol–water partition coefficient (Wildman–Crippen LogP) is 2.39. The number of aliphatic hydroxyl groups is 2. The highest BCUT2D eigenvalue weighted by Gasteiger charge is 2.04. The fraction of sp³-hybridized carbons (Fsp3) is 0.154. The second-order valence-corrected chi connectivity index (χ2v) is 4.10. The molecule has 17 heavy (non-hydrogen) atoms. The first-order valence-electron chi connectivity index (χ1n) is 5.20. The van der Waals surface area contributed by atoms with E-state index in [0.29, 0.717) is 16.4 Å². The first kappa shape index (κ1) is 12.0. The summed E-state index contributed by atoms with van der Waals surface area (Å²) in [6, 6.07) is 11.0.